The van der Waals surface area contributed by atoms with E-state index in [1.807, 2.05) is 17.0 Å². The molecule has 1 aromatic heterocycles. The molecule has 0 unspecified atom stereocenters. The highest BCUT2D eigenvalue weighted by Gasteiger charge is 2.30. The second kappa shape index (κ2) is 9.27. The number of halogens is 3. The van der Waals surface area contributed by atoms with Crippen LogP contribution in [0.5, 0.6) is 5.75 Å². The number of nitrogens with one attached hydrogen (secondary N) is 1. The maximum absolute atomic E-state index is 14.7. The summed E-state index contributed by atoms with van der Waals surface area (Å²) in [5.74, 6) is 0.509. The van der Waals surface area contributed by atoms with Crippen molar-refractivity contribution in [2.75, 3.05) is 36.5 Å². The van der Waals surface area contributed by atoms with Crippen LogP contribution in [-0.4, -0.2) is 53.1 Å². The summed E-state index contributed by atoms with van der Waals surface area (Å²) in [4.78, 5) is 24.8. The summed E-state index contributed by atoms with van der Waals surface area (Å²) in [5, 5.41) is 3.74. The molecule has 3 aromatic rings. The number of amides is 1. The van der Waals surface area contributed by atoms with E-state index in [9.17, 15) is 9.18 Å². The van der Waals surface area contributed by atoms with Gasteiger partial charge in [-0.05, 0) is 37.1 Å². The first-order valence-electron chi connectivity index (χ1n) is 11.0. The fraction of sp³-hybridized carbons (Fsp3) is 0.292. The minimum absolute atomic E-state index is 0.0331. The van der Waals surface area contributed by atoms with Gasteiger partial charge in [-0.15, -0.1) is 0 Å². The average molecular weight is 502 g/mol. The van der Waals surface area contributed by atoms with Crippen LogP contribution in [-0.2, 0) is 4.79 Å². The van der Waals surface area contributed by atoms with Gasteiger partial charge in [-0.1, -0.05) is 29.8 Å². The van der Waals surface area contributed by atoms with Crippen LogP contribution in [0.1, 0.15) is 12.8 Å². The standard InChI is InChI=1S/C24H22Cl2FN5O2/c1-2-21(33)31-7-5-14(6-8-31)32-9-10-34-20-12-18-15(11-19(20)32)24(29-13-28-18)30-17-4-3-16(25)22(26)23(17)27/h2-4,11-14H,1,5-10H2,(H,28,29,30). The van der Waals surface area contributed by atoms with Gasteiger partial charge in [0.25, 0.3) is 0 Å². The van der Waals surface area contributed by atoms with Gasteiger partial charge in [0, 0.05) is 30.6 Å². The molecule has 2 aromatic carbocycles. The Morgan fingerprint density at radius 3 is 2.76 bits per heavy atom. The minimum atomic E-state index is -0.648. The van der Waals surface area contributed by atoms with Crippen LogP contribution in [0.25, 0.3) is 10.9 Å². The van der Waals surface area contributed by atoms with Crippen molar-refractivity contribution in [1.29, 1.82) is 0 Å². The van der Waals surface area contributed by atoms with E-state index in [1.54, 1.807) is 0 Å². The molecule has 2 aliphatic heterocycles. The van der Waals surface area contributed by atoms with Crippen molar-refractivity contribution in [3.63, 3.8) is 0 Å². The van der Waals surface area contributed by atoms with Crippen LogP contribution >= 0.6 is 23.2 Å². The zero-order valence-corrected chi connectivity index (χ0v) is 19.7. The van der Waals surface area contributed by atoms with Crippen LogP contribution < -0.4 is 15.0 Å². The first kappa shape index (κ1) is 22.7. The first-order chi connectivity index (χ1) is 16.5. The molecule has 1 amide bonds. The lowest BCUT2D eigenvalue weighted by atomic mass is 10.0. The molecule has 0 bridgehead atoms. The Labute approximate surface area is 206 Å². The summed E-state index contributed by atoms with van der Waals surface area (Å²) in [5.41, 5.74) is 1.77. The number of fused-ring (bicyclic) bond motifs is 2. The number of ether oxygens (including phenoxy) is 1. The van der Waals surface area contributed by atoms with Gasteiger partial charge >= 0.3 is 0 Å². The topological polar surface area (TPSA) is 70.6 Å². The summed E-state index contributed by atoms with van der Waals surface area (Å²) in [6, 6.07) is 7.17. The molecular formula is C24H22Cl2FN5O2. The third kappa shape index (κ3) is 4.12. The molecule has 1 N–H and O–H groups in total. The number of hydrogen-bond donors (Lipinski definition) is 1. The molecule has 0 spiro atoms. The Bertz CT molecular complexity index is 1280. The van der Waals surface area contributed by atoms with Gasteiger partial charge < -0.3 is 19.9 Å². The molecule has 0 aliphatic carbocycles. The van der Waals surface area contributed by atoms with E-state index < -0.39 is 5.82 Å². The molecule has 10 heteroatoms. The Kier molecular flexibility index (Phi) is 6.18. The minimum Gasteiger partial charge on any atom is -0.489 e. The summed E-state index contributed by atoms with van der Waals surface area (Å²) in [6.07, 6.45) is 4.48. The van der Waals surface area contributed by atoms with Gasteiger partial charge in [0.05, 0.1) is 33.5 Å². The third-order valence-electron chi connectivity index (χ3n) is 6.30. The van der Waals surface area contributed by atoms with Crippen LogP contribution in [0.4, 0.5) is 21.6 Å². The van der Waals surface area contributed by atoms with Crippen molar-refractivity contribution in [2.45, 2.75) is 18.9 Å². The van der Waals surface area contributed by atoms with Crippen molar-refractivity contribution in [2.24, 2.45) is 0 Å². The number of rotatable bonds is 4. The van der Waals surface area contributed by atoms with Crippen LogP contribution in [0.3, 0.4) is 0 Å². The quantitative estimate of drug-likeness (QED) is 0.391. The lowest BCUT2D eigenvalue weighted by Crippen LogP contribution is -2.48. The number of carbonyl (C=O) groups excluding carboxylic acids is 1. The molecule has 5 rings (SSSR count). The number of carbonyl (C=O) groups is 1. The van der Waals surface area contributed by atoms with Crippen molar-refractivity contribution >= 4 is 57.2 Å². The Hall–Kier alpha value is -3.10. The van der Waals surface area contributed by atoms with E-state index in [-0.39, 0.29) is 27.7 Å². The predicted molar refractivity (Wildman–Crippen MR) is 132 cm³/mol. The number of anilines is 3. The van der Waals surface area contributed by atoms with Gasteiger partial charge in [-0.25, -0.2) is 14.4 Å². The van der Waals surface area contributed by atoms with E-state index in [1.165, 1.54) is 24.5 Å². The zero-order valence-electron chi connectivity index (χ0n) is 18.2. The monoisotopic (exact) mass is 501 g/mol. The number of piperidine rings is 1. The van der Waals surface area contributed by atoms with E-state index in [2.05, 4.69) is 26.8 Å². The predicted octanol–water partition coefficient (Wildman–Crippen LogP) is 5.20. The van der Waals surface area contributed by atoms with E-state index in [0.29, 0.717) is 31.0 Å². The smallest absolute Gasteiger partial charge is 0.245 e. The zero-order chi connectivity index (χ0) is 23.8. The van der Waals surface area contributed by atoms with Crippen molar-refractivity contribution in [3.05, 3.63) is 59.1 Å². The second-order valence-electron chi connectivity index (χ2n) is 8.21. The molecule has 1 saturated heterocycles. The highest BCUT2D eigenvalue weighted by atomic mass is 35.5. The highest BCUT2D eigenvalue weighted by Crippen LogP contribution is 2.40. The molecule has 34 heavy (non-hydrogen) atoms. The first-order valence-corrected chi connectivity index (χ1v) is 11.7. The van der Waals surface area contributed by atoms with Crippen LogP contribution in [0.15, 0.2) is 43.2 Å². The molecule has 7 nitrogen and oxygen atoms in total. The van der Waals surface area contributed by atoms with Gasteiger partial charge in [0.2, 0.25) is 5.91 Å². The fourth-order valence-corrected chi connectivity index (χ4v) is 4.85. The van der Waals surface area contributed by atoms with E-state index in [4.69, 9.17) is 27.9 Å². The summed E-state index contributed by atoms with van der Waals surface area (Å²) < 4.78 is 20.6. The molecule has 3 heterocycles. The molecule has 2 aliphatic rings. The lowest BCUT2D eigenvalue weighted by molar-refractivity contribution is -0.127. The van der Waals surface area contributed by atoms with E-state index >= 15 is 0 Å². The van der Waals surface area contributed by atoms with Crippen molar-refractivity contribution in [3.8, 4) is 5.75 Å². The van der Waals surface area contributed by atoms with Crippen LogP contribution in [0, 0.1) is 5.82 Å². The summed E-state index contributed by atoms with van der Waals surface area (Å²) in [7, 11) is 0. The maximum Gasteiger partial charge on any atom is 0.245 e. The number of nitrogens with zero attached hydrogens (tertiary/aromatic N) is 4. The Morgan fingerprint density at radius 2 is 2.00 bits per heavy atom. The largest absolute Gasteiger partial charge is 0.489 e. The number of aromatic nitrogens is 2. The summed E-state index contributed by atoms with van der Waals surface area (Å²) in [6.45, 7) is 6.25. The van der Waals surface area contributed by atoms with Gasteiger partial charge in [-0.2, -0.15) is 0 Å². The molecule has 176 valence electrons. The average Bonchev–Trinajstić information content (AvgIpc) is 2.87. The van der Waals surface area contributed by atoms with Crippen molar-refractivity contribution < 1.29 is 13.9 Å². The number of likely N-dealkylation sites (tertiary alicyclic amines) is 1. The normalized spacial score (nSPS) is 16.2. The van der Waals surface area contributed by atoms with Crippen LogP contribution in [0.2, 0.25) is 10.0 Å². The van der Waals surface area contributed by atoms with Crippen molar-refractivity contribution in [1.82, 2.24) is 14.9 Å². The highest BCUT2D eigenvalue weighted by molar-refractivity contribution is 6.42. The molecule has 0 atom stereocenters. The van der Waals surface area contributed by atoms with E-state index in [0.717, 1.165) is 36.2 Å². The lowest BCUT2D eigenvalue weighted by Gasteiger charge is -2.42. The molecule has 1 fully saturated rings. The Morgan fingerprint density at radius 1 is 1.21 bits per heavy atom. The molecular weight excluding hydrogens is 480 g/mol. The summed E-state index contributed by atoms with van der Waals surface area (Å²) >= 11 is 11.9. The van der Waals surface area contributed by atoms with Gasteiger partial charge in [-0.3, -0.25) is 4.79 Å². The number of benzene rings is 2. The molecule has 0 saturated carbocycles. The maximum atomic E-state index is 14.7. The third-order valence-corrected chi connectivity index (χ3v) is 7.08. The SMILES string of the molecule is C=CC(=O)N1CCC(N2CCOc3cc4ncnc(Nc5ccc(Cl)c(Cl)c5F)c4cc32)CC1. The fourth-order valence-electron chi connectivity index (χ4n) is 4.54. The van der Waals surface area contributed by atoms with Gasteiger partial charge in [0.1, 0.15) is 24.5 Å². The van der Waals surface area contributed by atoms with Gasteiger partial charge in [0.15, 0.2) is 5.82 Å². The Balaban J connectivity index is 1.48. The molecule has 0 radical (unpaired) electrons. The second-order valence-corrected chi connectivity index (χ2v) is 8.99. The number of hydrogen-bond acceptors (Lipinski definition) is 6.